The number of hydrogen-bond donors (Lipinski definition) is 0. The molecule has 0 radical (unpaired) electrons. The minimum Gasteiger partial charge on any atom is -1.00 e. The summed E-state index contributed by atoms with van der Waals surface area (Å²) in [6, 6.07) is 0. The monoisotopic (exact) mass is 286 g/mol. The van der Waals surface area contributed by atoms with Crippen molar-refractivity contribution >= 4 is 5.97 Å². The summed E-state index contributed by atoms with van der Waals surface area (Å²) in [6.45, 7) is 5.71. The van der Waals surface area contributed by atoms with Gasteiger partial charge in [0.15, 0.2) is 0 Å². The summed E-state index contributed by atoms with van der Waals surface area (Å²) in [5.74, 6) is -0.186. The van der Waals surface area contributed by atoms with Crippen LogP contribution in [0, 0.1) is 6.92 Å². The normalized spacial score (nSPS) is 7.83. The van der Waals surface area contributed by atoms with E-state index in [1.165, 1.54) is 6.92 Å². The Bertz CT molecular complexity index is 99.1. The van der Waals surface area contributed by atoms with Gasteiger partial charge in [-0.05, 0) is 6.42 Å². The maximum absolute atomic E-state index is 10.2. The molecule has 0 amide bonds. The van der Waals surface area contributed by atoms with E-state index in [4.69, 9.17) is 4.74 Å². The topological polar surface area (TPSA) is 26.3 Å². The first-order valence-electron chi connectivity index (χ1n) is 3.70. The standard InChI is InChI=1S/C8H15O2.BrH.Zn/c1-3-4-5-6-7-10-8(2)9;;/h1,3-7H2,2H3;1H;/q-1;;+2/p-1. The average molecular weight is 288 g/mol. The van der Waals surface area contributed by atoms with Crippen LogP contribution in [0.2, 0.25) is 0 Å². The van der Waals surface area contributed by atoms with Crippen molar-refractivity contribution in [3.63, 3.8) is 0 Å². The van der Waals surface area contributed by atoms with E-state index in [0.29, 0.717) is 6.61 Å². The predicted molar refractivity (Wildman–Crippen MR) is 40.5 cm³/mol. The molecule has 12 heavy (non-hydrogen) atoms. The van der Waals surface area contributed by atoms with Gasteiger partial charge in [-0.3, -0.25) is 4.79 Å². The van der Waals surface area contributed by atoms with Crippen molar-refractivity contribution in [2.75, 3.05) is 6.61 Å². The van der Waals surface area contributed by atoms with Crippen LogP contribution in [-0.2, 0) is 29.0 Å². The Hall–Kier alpha value is 0.573. The van der Waals surface area contributed by atoms with E-state index in [2.05, 4.69) is 6.92 Å². The number of carbonyl (C=O) groups excluding carboxylic acids is 1. The van der Waals surface area contributed by atoms with E-state index in [9.17, 15) is 4.79 Å². The van der Waals surface area contributed by atoms with Crippen molar-refractivity contribution in [3.8, 4) is 0 Å². The summed E-state index contributed by atoms with van der Waals surface area (Å²) in [4.78, 5) is 10.2. The third-order valence-electron chi connectivity index (χ3n) is 1.20. The number of hydrogen-bond acceptors (Lipinski definition) is 2. The van der Waals surface area contributed by atoms with Gasteiger partial charge in [0.05, 0.1) is 6.61 Å². The first-order chi connectivity index (χ1) is 4.77. The van der Waals surface area contributed by atoms with Gasteiger partial charge in [0.1, 0.15) is 0 Å². The van der Waals surface area contributed by atoms with Gasteiger partial charge in [0, 0.05) is 6.92 Å². The number of rotatable bonds is 5. The molecule has 0 aliphatic carbocycles. The minimum absolute atomic E-state index is 0. The van der Waals surface area contributed by atoms with E-state index in [-0.39, 0.29) is 42.4 Å². The van der Waals surface area contributed by atoms with Crippen molar-refractivity contribution in [1.29, 1.82) is 0 Å². The second-order valence-corrected chi connectivity index (χ2v) is 2.25. The zero-order chi connectivity index (χ0) is 7.82. The summed E-state index contributed by atoms with van der Waals surface area (Å²) in [6.07, 6.45) is 4.17. The second kappa shape index (κ2) is 14.1. The maximum atomic E-state index is 10.2. The average Bonchev–Trinajstić information content (AvgIpc) is 1.87. The van der Waals surface area contributed by atoms with E-state index in [0.717, 1.165) is 25.7 Å². The summed E-state index contributed by atoms with van der Waals surface area (Å²) in [7, 11) is 0. The molecule has 0 aliphatic heterocycles. The molecule has 0 aromatic heterocycles. The molecule has 0 spiro atoms. The molecule has 0 aromatic carbocycles. The van der Waals surface area contributed by atoms with Gasteiger partial charge in [0.2, 0.25) is 0 Å². The van der Waals surface area contributed by atoms with E-state index >= 15 is 0 Å². The van der Waals surface area contributed by atoms with Crippen LogP contribution in [0.1, 0.15) is 32.6 Å². The molecular weight excluding hydrogens is 273 g/mol. The Morgan fingerprint density at radius 2 is 1.92 bits per heavy atom. The van der Waals surface area contributed by atoms with Gasteiger partial charge < -0.3 is 28.6 Å². The molecule has 0 aliphatic rings. The quantitative estimate of drug-likeness (QED) is 0.279. The Morgan fingerprint density at radius 3 is 2.33 bits per heavy atom. The van der Waals surface area contributed by atoms with Crippen LogP contribution >= 0.6 is 0 Å². The molecule has 0 aromatic rings. The van der Waals surface area contributed by atoms with Gasteiger partial charge in [-0.2, -0.15) is 6.42 Å². The molecule has 4 heteroatoms. The van der Waals surface area contributed by atoms with Crippen LogP contribution in [0.3, 0.4) is 0 Å². The number of halogens is 1. The van der Waals surface area contributed by atoms with E-state index < -0.39 is 0 Å². The molecular formula is C8H15BrO2Zn. The summed E-state index contributed by atoms with van der Waals surface area (Å²) in [5.41, 5.74) is 0. The van der Waals surface area contributed by atoms with Crippen molar-refractivity contribution in [3.05, 3.63) is 6.92 Å². The van der Waals surface area contributed by atoms with Crippen LogP contribution in [0.5, 0.6) is 0 Å². The molecule has 68 valence electrons. The molecule has 0 saturated heterocycles. The van der Waals surface area contributed by atoms with Crippen molar-refractivity contribution in [2.24, 2.45) is 0 Å². The Morgan fingerprint density at radius 1 is 1.33 bits per heavy atom. The van der Waals surface area contributed by atoms with Gasteiger partial charge in [-0.15, -0.1) is 0 Å². The fraction of sp³-hybridized carbons (Fsp3) is 0.750. The zero-order valence-corrected chi connectivity index (χ0v) is 12.2. The first kappa shape index (κ1) is 18.4. The fourth-order valence-electron chi connectivity index (χ4n) is 0.672. The van der Waals surface area contributed by atoms with E-state index in [1.54, 1.807) is 0 Å². The van der Waals surface area contributed by atoms with Gasteiger partial charge in [0.25, 0.3) is 0 Å². The van der Waals surface area contributed by atoms with Gasteiger partial charge >= 0.3 is 25.4 Å². The van der Waals surface area contributed by atoms with Crippen molar-refractivity contribution < 1.29 is 46.0 Å². The van der Waals surface area contributed by atoms with Crippen LogP contribution in [0.15, 0.2) is 0 Å². The number of ether oxygens (including phenoxy) is 1. The molecule has 0 unspecified atom stereocenters. The van der Waals surface area contributed by atoms with Crippen molar-refractivity contribution in [2.45, 2.75) is 32.6 Å². The molecule has 0 atom stereocenters. The Balaban J connectivity index is -0.000000405. The third kappa shape index (κ3) is 16.9. The fourth-order valence-corrected chi connectivity index (χ4v) is 0.672. The second-order valence-electron chi connectivity index (χ2n) is 2.25. The largest absolute Gasteiger partial charge is 2.00 e. The molecule has 0 N–H and O–H groups in total. The molecule has 0 saturated carbocycles. The first-order valence-corrected chi connectivity index (χ1v) is 3.70. The number of unbranched alkanes of at least 4 members (excludes halogenated alkanes) is 3. The van der Waals surface area contributed by atoms with E-state index in [1.807, 2.05) is 0 Å². The Kier molecular flexibility index (Phi) is 21.6. The molecule has 0 heterocycles. The van der Waals surface area contributed by atoms with Crippen LogP contribution in [0.4, 0.5) is 0 Å². The molecule has 2 nitrogen and oxygen atoms in total. The van der Waals surface area contributed by atoms with Gasteiger partial charge in [-0.1, -0.05) is 12.8 Å². The zero-order valence-electron chi connectivity index (χ0n) is 7.64. The summed E-state index contributed by atoms with van der Waals surface area (Å²) in [5, 5.41) is 0. The predicted octanol–water partition coefficient (Wildman–Crippen LogP) is -1.05. The molecule has 0 rings (SSSR count). The van der Waals surface area contributed by atoms with Crippen LogP contribution in [0.25, 0.3) is 0 Å². The molecule has 0 bridgehead atoms. The Labute approximate surface area is 98.0 Å². The SMILES string of the molecule is [Br-].[CH2-]CCCCCOC(C)=O.[Zn+2]. The number of esters is 1. The smallest absolute Gasteiger partial charge is 1.00 e. The third-order valence-corrected chi connectivity index (χ3v) is 1.20. The minimum atomic E-state index is -0.186. The molecule has 0 fully saturated rings. The maximum Gasteiger partial charge on any atom is 2.00 e. The van der Waals surface area contributed by atoms with Crippen molar-refractivity contribution in [1.82, 2.24) is 0 Å². The van der Waals surface area contributed by atoms with Crippen LogP contribution < -0.4 is 17.0 Å². The summed E-state index contributed by atoms with van der Waals surface area (Å²) < 4.78 is 4.73. The number of carbonyl (C=O) groups is 1. The van der Waals surface area contributed by atoms with Gasteiger partial charge in [-0.25, -0.2) is 0 Å². The summed E-state index contributed by atoms with van der Waals surface area (Å²) >= 11 is 0. The van der Waals surface area contributed by atoms with Crippen LogP contribution in [-0.4, -0.2) is 12.6 Å².